The Morgan fingerprint density at radius 3 is 2.56 bits per heavy atom. The van der Waals surface area contributed by atoms with Crippen molar-refractivity contribution in [2.24, 2.45) is 11.3 Å². The highest BCUT2D eigenvalue weighted by atomic mass is 16.3. The molecule has 2 aromatic rings. The Bertz CT molecular complexity index is 673. The number of aliphatic hydroxyl groups is 1. The summed E-state index contributed by atoms with van der Waals surface area (Å²) in [6.07, 6.45) is 0.239. The molecule has 1 heterocycles. The minimum Gasteiger partial charge on any atom is -0.393 e. The number of aromatic nitrogens is 2. The van der Waals surface area contributed by atoms with Crippen LogP contribution in [-0.4, -0.2) is 33.8 Å². The van der Waals surface area contributed by atoms with Crippen molar-refractivity contribution in [3.63, 3.8) is 0 Å². The summed E-state index contributed by atoms with van der Waals surface area (Å²) >= 11 is 0. The van der Waals surface area contributed by atoms with Crippen molar-refractivity contribution in [3.05, 3.63) is 30.1 Å². The van der Waals surface area contributed by atoms with E-state index in [1.54, 1.807) is 6.92 Å². The number of para-hydroxylation sites is 2. The summed E-state index contributed by atoms with van der Waals surface area (Å²) in [5.41, 5.74) is 1.69. The molecule has 2 amide bonds. The molecule has 2 rings (SSSR count). The predicted molar refractivity (Wildman–Crippen MR) is 100 cm³/mol. The number of benzene rings is 1. The van der Waals surface area contributed by atoms with E-state index in [4.69, 9.17) is 0 Å². The lowest BCUT2D eigenvalue weighted by molar-refractivity contribution is 0.128. The van der Waals surface area contributed by atoms with Gasteiger partial charge in [-0.25, -0.2) is 9.78 Å². The van der Waals surface area contributed by atoms with Crippen LogP contribution in [0.3, 0.4) is 0 Å². The van der Waals surface area contributed by atoms with Crippen LogP contribution in [-0.2, 0) is 0 Å². The highest BCUT2D eigenvalue weighted by Crippen LogP contribution is 2.23. The van der Waals surface area contributed by atoms with Gasteiger partial charge in [0.1, 0.15) is 5.82 Å². The van der Waals surface area contributed by atoms with E-state index < -0.39 is 0 Å². The van der Waals surface area contributed by atoms with Crippen LogP contribution in [0.5, 0.6) is 0 Å². The Labute approximate surface area is 149 Å². The summed E-state index contributed by atoms with van der Waals surface area (Å²) in [4.78, 5) is 20.3. The van der Waals surface area contributed by atoms with Crippen LogP contribution in [0.4, 0.5) is 4.79 Å². The van der Waals surface area contributed by atoms with Crippen LogP contribution in [0.1, 0.15) is 52.9 Å². The molecule has 0 aliphatic carbocycles. The zero-order valence-corrected chi connectivity index (χ0v) is 15.8. The number of hydrogen-bond acceptors (Lipinski definition) is 3. The average molecular weight is 346 g/mol. The lowest BCUT2D eigenvalue weighted by Gasteiger charge is -2.27. The molecule has 0 saturated carbocycles. The first-order chi connectivity index (χ1) is 11.7. The molecule has 0 radical (unpaired) electrons. The van der Waals surface area contributed by atoms with Crippen molar-refractivity contribution >= 4 is 17.1 Å². The van der Waals surface area contributed by atoms with Gasteiger partial charge in [0.05, 0.1) is 23.2 Å². The molecule has 6 nitrogen and oxygen atoms in total. The standard InChI is InChI=1S/C19H30N4O2/c1-12(2)16(17-21-14-8-6-7-9-15(14)22-17)23-18(25)20-11-19(4,5)10-13(3)24/h6-9,12-13,16,24H,10-11H2,1-5H3,(H,21,22)(H2,20,23,25). The molecule has 0 aliphatic heterocycles. The van der Waals surface area contributed by atoms with Gasteiger partial charge in [-0.2, -0.15) is 0 Å². The van der Waals surface area contributed by atoms with E-state index in [1.165, 1.54) is 0 Å². The number of urea groups is 1. The first kappa shape index (κ1) is 19.2. The predicted octanol–water partition coefficient (Wildman–Crippen LogP) is 3.36. The number of H-pyrrole nitrogens is 1. The summed E-state index contributed by atoms with van der Waals surface area (Å²) < 4.78 is 0. The monoisotopic (exact) mass is 346 g/mol. The van der Waals surface area contributed by atoms with Crippen molar-refractivity contribution in [3.8, 4) is 0 Å². The first-order valence-corrected chi connectivity index (χ1v) is 8.85. The maximum Gasteiger partial charge on any atom is 0.315 e. The molecule has 1 aromatic carbocycles. The number of aromatic amines is 1. The lowest BCUT2D eigenvalue weighted by Crippen LogP contribution is -2.44. The maximum atomic E-state index is 12.4. The summed E-state index contributed by atoms with van der Waals surface area (Å²) in [5.74, 6) is 0.950. The Morgan fingerprint density at radius 2 is 1.96 bits per heavy atom. The quantitative estimate of drug-likeness (QED) is 0.620. The highest BCUT2D eigenvalue weighted by molar-refractivity contribution is 5.76. The molecule has 138 valence electrons. The van der Waals surface area contributed by atoms with E-state index in [0.29, 0.717) is 13.0 Å². The Kier molecular flexibility index (Phi) is 6.06. The van der Waals surface area contributed by atoms with Crippen molar-refractivity contribution < 1.29 is 9.90 Å². The highest BCUT2D eigenvalue weighted by Gasteiger charge is 2.24. The van der Waals surface area contributed by atoms with Crippen molar-refractivity contribution in [1.82, 2.24) is 20.6 Å². The fourth-order valence-corrected chi connectivity index (χ4v) is 3.05. The first-order valence-electron chi connectivity index (χ1n) is 8.85. The normalized spacial score (nSPS) is 14.5. The molecule has 0 spiro atoms. The van der Waals surface area contributed by atoms with E-state index in [9.17, 15) is 9.90 Å². The number of aliphatic hydroxyl groups excluding tert-OH is 1. The largest absolute Gasteiger partial charge is 0.393 e. The fourth-order valence-electron chi connectivity index (χ4n) is 3.05. The minimum atomic E-state index is -0.390. The molecule has 2 unspecified atom stereocenters. The average Bonchev–Trinajstić information content (AvgIpc) is 2.92. The number of amides is 2. The molecule has 4 N–H and O–H groups in total. The van der Waals surface area contributed by atoms with Gasteiger partial charge in [0.2, 0.25) is 0 Å². The molecular weight excluding hydrogens is 316 g/mol. The molecular formula is C19H30N4O2. The summed E-state index contributed by atoms with van der Waals surface area (Å²) in [7, 11) is 0. The van der Waals surface area contributed by atoms with Crippen molar-refractivity contribution in [1.29, 1.82) is 0 Å². The topological polar surface area (TPSA) is 90.0 Å². The second-order valence-corrected chi connectivity index (χ2v) is 7.91. The Balaban J connectivity index is 2.02. The third-order valence-corrected chi connectivity index (χ3v) is 4.23. The van der Waals surface area contributed by atoms with E-state index in [-0.39, 0.29) is 29.5 Å². The van der Waals surface area contributed by atoms with Gasteiger partial charge in [0.15, 0.2) is 0 Å². The molecule has 0 aliphatic rings. The van der Waals surface area contributed by atoms with Crippen LogP contribution in [0.2, 0.25) is 0 Å². The number of nitrogens with one attached hydrogen (secondary N) is 3. The number of rotatable bonds is 7. The lowest BCUT2D eigenvalue weighted by atomic mass is 9.87. The van der Waals surface area contributed by atoms with Gasteiger partial charge in [-0.1, -0.05) is 39.8 Å². The molecule has 1 aromatic heterocycles. The van der Waals surface area contributed by atoms with E-state index >= 15 is 0 Å². The summed E-state index contributed by atoms with van der Waals surface area (Å²) in [6, 6.07) is 7.40. The second-order valence-electron chi connectivity index (χ2n) is 7.91. The van der Waals surface area contributed by atoms with Crippen LogP contribution in [0.25, 0.3) is 11.0 Å². The van der Waals surface area contributed by atoms with Crippen LogP contribution >= 0.6 is 0 Å². The Hall–Kier alpha value is -2.08. The molecule has 2 atom stereocenters. The van der Waals surface area contributed by atoms with Gasteiger partial charge < -0.3 is 20.7 Å². The third-order valence-electron chi connectivity index (χ3n) is 4.23. The zero-order chi connectivity index (χ0) is 18.6. The molecule has 0 bridgehead atoms. The van der Waals surface area contributed by atoms with Crippen molar-refractivity contribution in [2.45, 2.75) is 53.2 Å². The van der Waals surface area contributed by atoms with Gasteiger partial charge in [-0.05, 0) is 36.8 Å². The minimum absolute atomic E-state index is 0.168. The smallest absolute Gasteiger partial charge is 0.315 e. The SMILES string of the molecule is CC(O)CC(C)(C)CNC(=O)NC(c1nc2ccccc2[nH]1)C(C)C. The zero-order valence-electron chi connectivity index (χ0n) is 15.8. The number of imidazole rings is 1. The number of hydrogen-bond donors (Lipinski definition) is 4. The van der Waals surface area contributed by atoms with Gasteiger partial charge in [-0.15, -0.1) is 0 Å². The number of nitrogens with zero attached hydrogens (tertiary/aromatic N) is 1. The Morgan fingerprint density at radius 1 is 1.28 bits per heavy atom. The molecule has 0 fully saturated rings. The number of carbonyl (C=O) groups excluding carboxylic acids is 1. The number of carbonyl (C=O) groups is 1. The van der Waals surface area contributed by atoms with Crippen LogP contribution < -0.4 is 10.6 Å². The third kappa shape index (κ3) is 5.46. The van der Waals surface area contributed by atoms with Gasteiger partial charge in [0.25, 0.3) is 0 Å². The van der Waals surface area contributed by atoms with E-state index in [1.807, 2.05) is 38.1 Å². The van der Waals surface area contributed by atoms with Gasteiger partial charge in [0, 0.05) is 6.54 Å². The van der Waals surface area contributed by atoms with Gasteiger partial charge >= 0.3 is 6.03 Å². The van der Waals surface area contributed by atoms with E-state index in [0.717, 1.165) is 16.9 Å². The van der Waals surface area contributed by atoms with Crippen molar-refractivity contribution in [2.75, 3.05) is 6.54 Å². The molecule has 25 heavy (non-hydrogen) atoms. The second kappa shape index (κ2) is 7.87. The van der Waals surface area contributed by atoms with E-state index in [2.05, 4.69) is 34.4 Å². The maximum absolute atomic E-state index is 12.4. The summed E-state index contributed by atoms with van der Waals surface area (Å²) in [5, 5.41) is 15.5. The molecule has 0 saturated heterocycles. The number of fused-ring (bicyclic) bond motifs is 1. The van der Waals surface area contributed by atoms with Crippen LogP contribution in [0, 0.1) is 11.3 Å². The molecule has 6 heteroatoms. The van der Waals surface area contributed by atoms with Gasteiger partial charge in [-0.3, -0.25) is 0 Å². The summed E-state index contributed by atoms with van der Waals surface area (Å²) in [6.45, 7) is 10.4. The fraction of sp³-hybridized carbons (Fsp3) is 0.579. The van der Waals surface area contributed by atoms with Crippen LogP contribution in [0.15, 0.2) is 24.3 Å².